The maximum atomic E-state index is 13.1. The van der Waals surface area contributed by atoms with Crippen molar-refractivity contribution in [3.8, 4) is 17.2 Å². The molecule has 2 aliphatic rings. The number of esters is 1. The molecule has 0 aliphatic carbocycles. The van der Waals surface area contributed by atoms with E-state index in [4.69, 9.17) is 14.2 Å². The first kappa shape index (κ1) is 24.7. The first-order chi connectivity index (χ1) is 18.1. The number of aryl methyl sites for hydroxylation is 2. The summed E-state index contributed by atoms with van der Waals surface area (Å²) >= 11 is 0. The van der Waals surface area contributed by atoms with Gasteiger partial charge >= 0.3 is 5.97 Å². The van der Waals surface area contributed by atoms with Crippen LogP contribution in [0.2, 0.25) is 0 Å². The molecule has 0 bridgehead atoms. The average Bonchev–Trinajstić information content (AvgIpc) is 3.30. The minimum Gasteiger partial charge on any atom is -0.507 e. The fourth-order valence-corrected chi connectivity index (χ4v) is 4.92. The molecule has 5 rings (SSSR count). The van der Waals surface area contributed by atoms with Crippen LogP contribution < -0.4 is 9.47 Å². The molecule has 37 heavy (non-hydrogen) atoms. The summed E-state index contributed by atoms with van der Waals surface area (Å²) in [6, 6.07) is 20.7. The highest BCUT2D eigenvalue weighted by Crippen LogP contribution is 2.38. The van der Waals surface area contributed by atoms with E-state index in [0.29, 0.717) is 31.9 Å². The van der Waals surface area contributed by atoms with Gasteiger partial charge in [0.1, 0.15) is 11.3 Å². The Morgan fingerprint density at radius 3 is 2.51 bits per heavy atom. The van der Waals surface area contributed by atoms with Gasteiger partial charge in [0.15, 0.2) is 18.1 Å². The van der Waals surface area contributed by atoms with Crippen molar-refractivity contribution >= 4 is 11.9 Å². The van der Waals surface area contributed by atoms with Crippen molar-refractivity contribution < 1.29 is 28.9 Å². The zero-order chi connectivity index (χ0) is 25.6. The fraction of sp³-hybridized carbons (Fsp3) is 0.333. The molecular formula is C30H31NO6. The number of phenolic OH excluding ortho intramolecular Hbond substituents is 1. The van der Waals surface area contributed by atoms with E-state index in [0.717, 1.165) is 42.6 Å². The van der Waals surface area contributed by atoms with Crippen LogP contribution in [0.3, 0.4) is 0 Å². The van der Waals surface area contributed by atoms with Gasteiger partial charge in [0.25, 0.3) is 5.91 Å². The zero-order valence-corrected chi connectivity index (χ0v) is 20.7. The van der Waals surface area contributed by atoms with Gasteiger partial charge in [0.05, 0.1) is 19.3 Å². The van der Waals surface area contributed by atoms with Crippen molar-refractivity contribution in [3.05, 3.63) is 89.0 Å². The van der Waals surface area contributed by atoms with Crippen LogP contribution in [0.1, 0.15) is 52.4 Å². The molecule has 7 nitrogen and oxygen atoms in total. The van der Waals surface area contributed by atoms with Crippen molar-refractivity contribution in [2.75, 3.05) is 26.4 Å². The average molecular weight is 502 g/mol. The van der Waals surface area contributed by atoms with Crippen LogP contribution in [-0.2, 0) is 22.4 Å². The molecule has 3 aromatic carbocycles. The van der Waals surface area contributed by atoms with E-state index < -0.39 is 5.97 Å². The number of hydrogen-bond acceptors (Lipinski definition) is 6. The van der Waals surface area contributed by atoms with E-state index in [1.54, 1.807) is 17.0 Å². The number of aromatic hydroxyl groups is 1. The number of rotatable bonds is 7. The van der Waals surface area contributed by atoms with Gasteiger partial charge in [-0.15, -0.1) is 0 Å². The van der Waals surface area contributed by atoms with E-state index in [1.807, 2.05) is 36.4 Å². The number of benzene rings is 3. The van der Waals surface area contributed by atoms with Gasteiger partial charge in [-0.1, -0.05) is 42.5 Å². The highest BCUT2D eigenvalue weighted by Gasteiger charge is 2.31. The molecule has 2 heterocycles. The third-order valence-corrected chi connectivity index (χ3v) is 6.88. The lowest BCUT2D eigenvalue weighted by Gasteiger charge is -2.25. The molecule has 2 aliphatic heterocycles. The first-order valence-electron chi connectivity index (χ1n) is 12.8. The summed E-state index contributed by atoms with van der Waals surface area (Å²) in [6.45, 7) is 1.43. The largest absolute Gasteiger partial charge is 0.507 e. The molecular weight excluding hydrogens is 470 g/mol. The molecule has 0 spiro atoms. The number of nitrogens with zero attached hydrogens (tertiary/aromatic N) is 1. The van der Waals surface area contributed by atoms with Gasteiger partial charge in [-0.3, -0.25) is 4.79 Å². The number of amides is 1. The molecule has 0 radical (unpaired) electrons. The Morgan fingerprint density at radius 1 is 0.892 bits per heavy atom. The Kier molecular flexibility index (Phi) is 7.59. The van der Waals surface area contributed by atoms with Gasteiger partial charge in [0.2, 0.25) is 0 Å². The standard InChI is InChI=1S/C30H31NO6/c32-26-13-11-22(10-9-21-6-2-1-3-7-21)18-24(26)30(34)37-20-29(33)31-15-4-8-25(31)23-12-14-27-28(19-23)36-17-5-16-35-27/h1-3,6-7,11-14,18-19,25,32H,4-5,8-10,15-17,20H2. The molecule has 1 unspecified atom stereocenters. The Labute approximate surface area is 216 Å². The lowest BCUT2D eigenvalue weighted by molar-refractivity contribution is -0.135. The summed E-state index contributed by atoms with van der Waals surface area (Å²) in [7, 11) is 0. The minimum absolute atomic E-state index is 0.0687. The van der Waals surface area contributed by atoms with Crippen LogP contribution in [0.15, 0.2) is 66.7 Å². The predicted octanol–water partition coefficient (Wildman–Crippen LogP) is 4.86. The molecule has 7 heteroatoms. The second-order valence-electron chi connectivity index (χ2n) is 9.42. The minimum atomic E-state index is -0.710. The number of carbonyl (C=O) groups excluding carboxylic acids is 2. The summed E-state index contributed by atoms with van der Waals surface area (Å²) in [5.74, 6) is 0.286. The van der Waals surface area contributed by atoms with Crippen molar-refractivity contribution in [2.45, 2.75) is 38.1 Å². The van der Waals surface area contributed by atoms with Crippen LogP contribution in [0, 0.1) is 0 Å². The summed E-state index contributed by atoms with van der Waals surface area (Å²) in [6.07, 6.45) is 4.05. The monoisotopic (exact) mass is 501 g/mol. The number of phenols is 1. The third kappa shape index (κ3) is 5.88. The Morgan fingerprint density at radius 2 is 1.68 bits per heavy atom. The molecule has 1 amide bonds. The number of carbonyl (C=O) groups is 2. The normalized spacial score (nSPS) is 16.8. The van der Waals surface area contributed by atoms with Gasteiger partial charge < -0.3 is 24.2 Å². The van der Waals surface area contributed by atoms with Gasteiger partial charge in [-0.05, 0) is 66.6 Å². The smallest absolute Gasteiger partial charge is 0.342 e. The van der Waals surface area contributed by atoms with Gasteiger partial charge in [0, 0.05) is 13.0 Å². The summed E-state index contributed by atoms with van der Waals surface area (Å²) < 4.78 is 16.9. The van der Waals surface area contributed by atoms with E-state index >= 15 is 0 Å². The topological polar surface area (TPSA) is 85.3 Å². The molecule has 1 atom stereocenters. The van der Waals surface area contributed by atoms with Crippen LogP contribution in [0.5, 0.6) is 17.2 Å². The number of likely N-dealkylation sites (tertiary alicyclic amines) is 1. The predicted molar refractivity (Wildman–Crippen MR) is 138 cm³/mol. The van der Waals surface area contributed by atoms with E-state index in [2.05, 4.69) is 12.1 Å². The molecule has 0 saturated carbocycles. The lowest BCUT2D eigenvalue weighted by Crippen LogP contribution is -2.34. The number of ether oxygens (including phenoxy) is 3. The quantitative estimate of drug-likeness (QED) is 0.466. The number of fused-ring (bicyclic) bond motifs is 1. The third-order valence-electron chi connectivity index (χ3n) is 6.88. The zero-order valence-electron chi connectivity index (χ0n) is 20.7. The molecule has 1 fully saturated rings. The highest BCUT2D eigenvalue weighted by atomic mass is 16.5. The SMILES string of the molecule is O=C(OCC(=O)N1CCCC1c1ccc2c(c1)OCCCO2)c1cc(CCc2ccccc2)ccc1O. The van der Waals surface area contributed by atoms with Crippen LogP contribution >= 0.6 is 0 Å². The summed E-state index contributed by atoms with van der Waals surface area (Å²) in [5, 5.41) is 10.3. The molecule has 1 saturated heterocycles. The second kappa shape index (κ2) is 11.4. The molecule has 1 N–H and O–H groups in total. The van der Waals surface area contributed by atoms with Crippen LogP contribution in [-0.4, -0.2) is 48.2 Å². The fourth-order valence-electron chi connectivity index (χ4n) is 4.92. The van der Waals surface area contributed by atoms with E-state index in [9.17, 15) is 14.7 Å². The van der Waals surface area contributed by atoms with E-state index in [-0.39, 0.29) is 29.9 Å². The first-order valence-corrected chi connectivity index (χ1v) is 12.8. The highest BCUT2D eigenvalue weighted by molar-refractivity contribution is 5.94. The van der Waals surface area contributed by atoms with E-state index in [1.165, 1.54) is 11.6 Å². The van der Waals surface area contributed by atoms with Crippen molar-refractivity contribution in [1.82, 2.24) is 4.90 Å². The molecule has 0 aromatic heterocycles. The lowest BCUT2D eigenvalue weighted by atomic mass is 10.0. The maximum Gasteiger partial charge on any atom is 0.342 e. The van der Waals surface area contributed by atoms with Gasteiger partial charge in [-0.25, -0.2) is 4.79 Å². The summed E-state index contributed by atoms with van der Waals surface area (Å²) in [4.78, 5) is 27.6. The van der Waals surface area contributed by atoms with Crippen molar-refractivity contribution in [3.63, 3.8) is 0 Å². The molecule has 3 aromatic rings. The molecule has 192 valence electrons. The van der Waals surface area contributed by atoms with Crippen LogP contribution in [0.4, 0.5) is 0 Å². The maximum absolute atomic E-state index is 13.1. The van der Waals surface area contributed by atoms with Crippen molar-refractivity contribution in [1.29, 1.82) is 0 Å². The number of hydrogen-bond donors (Lipinski definition) is 1. The Hall–Kier alpha value is -4.00. The van der Waals surface area contributed by atoms with Gasteiger partial charge in [-0.2, -0.15) is 0 Å². The Balaban J connectivity index is 1.21. The Bertz CT molecular complexity index is 1260. The summed E-state index contributed by atoms with van der Waals surface area (Å²) in [5.41, 5.74) is 3.15. The second-order valence-corrected chi connectivity index (χ2v) is 9.42. The van der Waals surface area contributed by atoms with Crippen molar-refractivity contribution in [2.24, 2.45) is 0 Å². The van der Waals surface area contributed by atoms with Crippen LogP contribution in [0.25, 0.3) is 0 Å².